The highest BCUT2D eigenvalue weighted by molar-refractivity contribution is 6.19. The summed E-state index contributed by atoms with van der Waals surface area (Å²) in [6, 6.07) is 20.5. The van der Waals surface area contributed by atoms with E-state index in [1.54, 1.807) is 30.3 Å². The Morgan fingerprint density at radius 2 is 1.66 bits per heavy atom. The van der Waals surface area contributed by atoms with Crippen molar-refractivity contribution >= 4 is 23.5 Å². The molecule has 1 aliphatic rings. The summed E-state index contributed by atoms with van der Waals surface area (Å²) < 4.78 is 18.7. The highest BCUT2D eigenvalue weighted by atomic mass is 19.1. The summed E-state index contributed by atoms with van der Waals surface area (Å²) in [4.78, 5) is 27.5. The van der Waals surface area contributed by atoms with E-state index in [9.17, 15) is 19.1 Å². The summed E-state index contributed by atoms with van der Waals surface area (Å²) in [5.74, 6) is -1.69. The van der Waals surface area contributed by atoms with Crippen LogP contribution < -0.4 is 9.64 Å². The van der Waals surface area contributed by atoms with Crippen LogP contribution in [0.25, 0.3) is 6.08 Å². The van der Waals surface area contributed by atoms with Gasteiger partial charge >= 0.3 is 0 Å². The lowest BCUT2D eigenvalue weighted by Gasteiger charge is -2.26. The number of halogens is 1. The molecule has 0 aliphatic carbocycles. The fourth-order valence-electron chi connectivity index (χ4n) is 3.65. The molecule has 6 heteroatoms. The van der Waals surface area contributed by atoms with Crippen LogP contribution in [-0.4, -0.2) is 23.9 Å². The van der Waals surface area contributed by atoms with Crippen LogP contribution in [-0.2, 0) is 9.59 Å². The van der Waals surface area contributed by atoms with E-state index >= 15 is 0 Å². The van der Waals surface area contributed by atoms with Gasteiger partial charge in [-0.15, -0.1) is 0 Å². The largest absolute Gasteiger partial charge is 0.503 e. The van der Waals surface area contributed by atoms with Crippen molar-refractivity contribution in [3.63, 3.8) is 0 Å². The normalized spacial score (nSPS) is 16.1. The number of aliphatic hydroxyl groups is 1. The molecule has 1 amide bonds. The van der Waals surface area contributed by atoms with E-state index in [1.165, 1.54) is 42.4 Å². The standard InChI is InChI=1S/C26H20FNO4/c1-32-21-14-12-20(13-15-21)28-24(18-8-10-19(27)11-9-18)23(25(30)26(28)31)22(29)16-7-17-5-3-2-4-6-17/h2-16,24,30H,1H3. The Bertz CT molecular complexity index is 1200. The summed E-state index contributed by atoms with van der Waals surface area (Å²) in [5, 5.41) is 10.7. The van der Waals surface area contributed by atoms with Gasteiger partial charge in [0.1, 0.15) is 11.6 Å². The number of ketones is 1. The maximum Gasteiger partial charge on any atom is 0.294 e. The lowest BCUT2D eigenvalue weighted by molar-refractivity contribution is -0.117. The lowest BCUT2D eigenvalue weighted by Crippen LogP contribution is -2.30. The Morgan fingerprint density at radius 3 is 2.28 bits per heavy atom. The molecule has 0 saturated carbocycles. The fourth-order valence-corrected chi connectivity index (χ4v) is 3.65. The summed E-state index contributed by atoms with van der Waals surface area (Å²) in [7, 11) is 1.53. The van der Waals surface area contributed by atoms with Crippen molar-refractivity contribution in [1.29, 1.82) is 0 Å². The minimum absolute atomic E-state index is 0.0652. The molecular weight excluding hydrogens is 409 g/mol. The Balaban J connectivity index is 1.77. The molecule has 1 aliphatic heterocycles. The number of hydrogen-bond donors (Lipinski definition) is 1. The number of nitrogens with zero attached hydrogens (tertiary/aromatic N) is 1. The molecular formula is C26H20FNO4. The fraction of sp³-hybridized carbons (Fsp3) is 0.0769. The van der Waals surface area contributed by atoms with Crippen LogP contribution in [0.15, 0.2) is 96.3 Å². The molecule has 1 atom stereocenters. The first kappa shape index (κ1) is 21.1. The van der Waals surface area contributed by atoms with Crippen LogP contribution in [0.3, 0.4) is 0 Å². The number of allylic oxidation sites excluding steroid dienone is 1. The first-order valence-electron chi connectivity index (χ1n) is 9.93. The number of carbonyl (C=O) groups excluding carboxylic acids is 2. The third-order valence-corrected chi connectivity index (χ3v) is 5.24. The van der Waals surface area contributed by atoms with E-state index in [-0.39, 0.29) is 5.57 Å². The van der Waals surface area contributed by atoms with E-state index in [4.69, 9.17) is 4.74 Å². The number of rotatable bonds is 6. The van der Waals surface area contributed by atoms with Gasteiger partial charge in [0.2, 0.25) is 0 Å². The Hall–Kier alpha value is -4.19. The Labute approximate surface area is 184 Å². The third kappa shape index (κ3) is 4.03. The van der Waals surface area contributed by atoms with Gasteiger partial charge in [0.05, 0.1) is 18.7 Å². The van der Waals surface area contributed by atoms with Crippen LogP contribution in [0.1, 0.15) is 17.2 Å². The first-order chi connectivity index (χ1) is 15.5. The lowest BCUT2D eigenvalue weighted by atomic mass is 9.95. The molecule has 3 aromatic carbocycles. The molecule has 5 nitrogen and oxygen atoms in total. The number of anilines is 1. The minimum Gasteiger partial charge on any atom is -0.503 e. The van der Waals surface area contributed by atoms with E-state index < -0.39 is 29.3 Å². The van der Waals surface area contributed by atoms with Gasteiger partial charge in [-0.1, -0.05) is 48.5 Å². The zero-order valence-electron chi connectivity index (χ0n) is 17.2. The molecule has 4 rings (SSSR count). The number of benzene rings is 3. The van der Waals surface area contributed by atoms with E-state index in [1.807, 2.05) is 30.3 Å². The van der Waals surface area contributed by atoms with Gasteiger partial charge in [0, 0.05) is 5.69 Å². The van der Waals surface area contributed by atoms with E-state index in [0.29, 0.717) is 17.0 Å². The Morgan fingerprint density at radius 1 is 1.00 bits per heavy atom. The molecule has 1 heterocycles. The smallest absolute Gasteiger partial charge is 0.294 e. The minimum atomic E-state index is -0.913. The van der Waals surface area contributed by atoms with Crippen LogP contribution in [0, 0.1) is 5.82 Å². The van der Waals surface area contributed by atoms with Crippen LogP contribution in [0.2, 0.25) is 0 Å². The van der Waals surface area contributed by atoms with Gasteiger partial charge in [-0.3, -0.25) is 14.5 Å². The number of ether oxygens (including phenoxy) is 1. The van der Waals surface area contributed by atoms with Gasteiger partial charge in [-0.2, -0.15) is 0 Å². The summed E-state index contributed by atoms with van der Waals surface area (Å²) in [5.41, 5.74) is 1.70. The monoisotopic (exact) mass is 429 g/mol. The molecule has 1 unspecified atom stereocenters. The highest BCUT2D eigenvalue weighted by Gasteiger charge is 2.43. The number of hydrogen-bond acceptors (Lipinski definition) is 4. The van der Waals surface area contributed by atoms with Gasteiger partial charge in [0.15, 0.2) is 11.5 Å². The molecule has 0 fully saturated rings. The molecule has 0 saturated heterocycles. The maximum absolute atomic E-state index is 13.6. The number of amides is 1. The predicted molar refractivity (Wildman–Crippen MR) is 120 cm³/mol. The van der Waals surface area contributed by atoms with Crippen molar-refractivity contribution in [3.05, 3.63) is 113 Å². The van der Waals surface area contributed by atoms with Crippen molar-refractivity contribution in [3.8, 4) is 5.75 Å². The number of aliphatic hydroxyl groups excluding tert-OH is 1. The van der Waals surface area contributed by atoms with Crippen molar-refractivity contribution in [1.82, 2.24) is 0 Å². The van der Waals surface area contributed by atoms with Crippen molar-refractivity contribution in [2.75, 3.05) is 12.0 Å². The second-order valence-corrected chi connectivity index (χ2v) is 7.20. The molecule has 1 N–H and O–H groups in total. The highest BCUT2D eigenvalue weighted by Crippen LogP contribution is 2.41. The number of methoxy groups -OCH3 is 1. The number of carbonyl (C=O) groups is 2. The summed E-state index contributed by atoms with van der Waals surface area (Å²) in [6.07, 6.45) is 2.94. The molecule has 0 aromatic heterocycles. The second kappa shape index (κ2) is 8.89. The van der Waals surface area contributed by atoms with Gasteiger partial charge < -0.3 is 9.84 Å². The SMILES string of the molecule is COc1ccc(N2C(=O)C(O)=C(C(=O)C=Cc3ccccc3)C2c2ccc(F)cc2)cc1. The van der Waals surface area contributed by atoms with Crippen molar-refractivity contribution in [2.24, 2.45) is 0 Å². The van der Waals surface area contributed by atoms with Gasteiger partial charge in [0.25, 0.3) is 5.91 Å². The zero-order valence-corrected chi connectivity index (χ0v) is 17.2. The van der Waals surface area contributed by atoms with E-state index in [2.05, 4.69) is 0 Å². The van der Waals surface area contributed by atoms with Crippen LogP contribution >= 0.6 is 0 Å². The van der Waals surface area contributed by atoms with Gasteiger partial charge in [-0.05, 0) is 53.6 Å². The molecule has 32 heavy (non-hydrogen) atoms. The molecule has 160 valence electrons. The topological polar surface area (TPSA) is 66.8 Å². The van der Waals surface area contributed by atoms with Crippen LogP contribution in [0.4, 0.5) is 10.1 Å². The zero-order chi connectivity index (χ0) is 22.7. The van der Waals surface area contributed by atoms with Crippen molar-refractivity contribution in [2.45, 2.75) is 6.04 Å². The summed E-state index contributed by atoms with van der Waals surface area (Å²) in [6.45, 7) is 0. The average molecular weight is 429 g/mol. The van der Waals surface area contributed by atoms with Crippen molar-refractivity contribution < 1.29 is 23.8 Å². The predicted octanol–water partition coefficient (Wildman–Crippen LogP) is 5.02. The molecule has 0 bridgehead atoms. The summed E-state index contributed by atoms with van der Waals surface area (Å²) >= 11 is 0. The van der Waals surface area contributed by atoms with Gasteiger partial charge in [-0.25, -0.2) is 4.39 Å². The van der Waals surface area contributed by atoms with E-state index in [0.717, 1.165) is 5.56 Å². The first-order valence-corrected chi connectivity index (χ1v) is 9.93. The molecule has 3 aromatic rings. The maximum atomic E-state index is 13.6. The Kier molecular flexibility index (Phi) is 5.85. The third-order valence-electron chi connectivity index (χ3n) is 5.24. The quantitative estimate of drug-likeness (QED) is 0.559. The second-order valence-electron chi connectivity index (χ2n) is 7.20. The molecule has 0 radical (unpaired) electrons. The molecule has 0 spiro atoms. The average Bonchev–Trinajstić information content (AvgIpc) is 3.09. The van der Waals surface area contributed by atoms with Crippen LogP contribution in [0.5, 0.6) is 5.75 Å².